The lowest BCUT2D eigenvalue weighted by Gasteiger charge is -2.30. The molecule has 28 heavy (non-hydrogen) atoms. The molecule has 0 aromatic heterocycles. The fourth-order valence-electron chi connectivity index (χ4n) is 3.09. The first-order valence-electron chi connectivity index (χ1n) is 8.50. The van der Waals surface area contributed by atoms with E-state index in [1.807, 2.05) is 6.07 Å². The number of non-ortho nitro benzene ring substituents is 1. The van der Waals surface area contributed by atoms with Crippen LogP contribution in [0.4, 0.5) is 5.69 Å². The maximum absolute atomic E-state index is 12.7. The van der Waals surface area contributed by atoms with Crippen molar-refractivity contribution in [1.82, 2.24) is 10.6 Å². The zero-order valence-corrected chi connectivity index (χ0v) is 15.7. The Morgan fingerprint density at radius 1 is 1.25 bits per heavy atom. The van der Waals surface area contributed by atoms with Gasteiger partial charge < -0.3 is 15.4 Å². The monoisotopic (exact) mass is 384 g/mol. The molecule has 1 heterocycles. The van der Waals surface area contributed by atoms with Crippen molar-refractivity contribution in [3.63, 3.8) is 0 Å². The number of amides is 1. The molecule has 2 rings (SSSR count). The van der Waals surface area contributed by atoms with Crippen LogP contribution >= 0.6 is 0 Å². The summed E-state index contributed by atoms with van der Waals surface area (Å²) in [7, 11) is 1.48. The van der Waals surface area contributed by atoms with E-state index in [9.17, 15) is 19.7 Å². The molecule has 1 amide bonds. The van der Waals surface area contributed by atoms with Gasteiger partial charge in [-0.3, -0.25) is 14.9 Å². The number of rotatable bonds is 6. The van der Waals surface area contributed by atoms with Gasteiger partial charge in [-0.1, -0.05) is 12.1 Å². The van der Waals surface area contributed by atoms with Gasteiger partial charge in [-0.2, -0.15) is 5.26 Å². The van der Waals surface area contributed by atoms with Gasteiger partial charge in [-0.05, 0) is 19.4 Å². The van der Waals surface area contributed by atoms with Gasteiger partial charge in [0.25, 0.3) is 5.69 Å². The summed E-state index contributed by atoms with van der Waals surface area (Å²) >= 11 is 0. The highest BCUT2D eigenvalue weighted by molar-refractivity contribution is 6.02. The molecule has 0 saturated carbocycles. The summed E-state index contributed by atoms with van der Waals surface area (Å²) in [6.45, 7) is 3.32. The lowest BCUT2D eigenvalue weighted by molar-refractivity contribution is -0.384. The average Bonchev–Trinajstić information content (AvgIpc) is 2.67. The van der Waals surface area contributed by atoms with Gasteiger partial charge in [-0.25, -0.2) is 4.79 Å². The smallest absolute Gasteiger partial charge is 0.336 e. The third-order valence-corrected chi connectivity index (χ3v) is 4.34. The molecule has 0 saturated heterocycles. The number of nitro groups is 1. The number of dihydropyridines is 1. The largest absolute Gasteiger partial charge is 0.461 e. The predicted octanol–water partition coefficient (Wildman–Crippen LogP) is 2.03. The first kappa shape index (κ1) is 20.6. The highest BCUT2D eigenvalue weighted by Gasteiger charge is 2.37. The van der Waals surface area contributed by atoms with E-state index < -0.39 is 16.8 Å². The molecule has 0 bridgehead atoms. The second-order valence-corrected chi connectivity index (χ2v) is 6.11. The van der Waals surface area contributed by atoms with Crippen molar-refractivity contribution >= 4 is 17.6 Å². The zero-order chi connectivity index (χ0) is 20.8. The third kappa shape index (κ3) is 4.17. The quantitative estimate of drug-likeness (QED) is 0.332. The van der Waals surface area contributed by atoms with Crippen LogP contribution in [0.2, 0.25) is 0 Å². The lowest BCUT2D eigenvalue weighted by Crippen LogP contribution is -2.35. The number of hydrogen-bond acceptors (Lipinski definition) is 7. The molecule has 1 aromatic carbocycles. The van der Waals surface area contributed by atoms with Crippen molar-refractivity contribution in [2.24, 2.45) is 0 Å². The Morgan fingerprint density at radius 3 is 2.39 bits per heavy atom. The highest BCUT2D eigenvalue weighted by Crippen LogP contribution is 2.39. The third-order valence-electron chi connectivity index (χ3n) is 4.34. The summed E-state index contributed by atoms with van der Waals surface area (Å²) in [6.07, 6.45) is 0.0465. The zero-order valence-electron chi connectivity index (χ0n) is 15.7. The van der Waals surface area contributed by atoms with Crippen LogP contribution in [0.25, 0.3) is 0 Å². The van der Waals surface area contributed by atoms with E-state index in [0.717, 1.165) is 0 Å². The van der Waals surface area contributed by atoms with Crippen molar-refractivity contribution in [3.8, 4) is 6.07 Å². The molecule has 0 aliphatic carbocycles. The summed E-state index contributed by atoms with van der Waals surface area (Å²) in [6, 6.07) is 7.57. The first-order chi connectivity index (χ1) is 13.3. The number of nitrogens with one attached hydrogen (secondary N) is 2. The Morgan fingerprint density at radius 2 is 1.86 bits per heavy atom. The van der Waals surface area contributed by atoms with Gasteiger partial charge in [0.15, 0.2) is 0 Å². The Hall–Kier alpha value is -3.67. The average molecular weight is 384 g/mol. The van der Waals surface area contributed by atoms with Crippen LogP contribution in [0.15, 0.2) is 46.8 Å². The van der Waals surface area contributed by atoms with Crippen molar-refractivity contribution in [2.45, 2.75) is 26.2 Å². The van der Waals surface area contributed by atoms with Crippen LogP contribution in [0.1, 0.15) is 31.7 Å². The van der Waals surface area contributed by atoms with E-state index in [4.69, 9.17) is 10.00 Å². The Labute approximate surface area is 161 Å². The molecule has 1 aliphatic rings. The first-order valence-corrected chi connectivity index (χ1v) is 8.50. The van der Waals surface area contributed by atoms with Gasteiger partial charge in [0.05, 0.1) is 28.9 Å². The number of allylic oxidation sites excluding steroid dienone is 2. The van der Waals surface area contributed by atoms with Crippen molar-refractivity contribution < 1.29 is 19.2 Å². The Bertz CT molecular complexity index is 909. The molecule has 1 atom stereocenters. The molecular weight excluding hydrogens is 364 g/mol. The molecule has 0 spiro atoms. The molecule has 9 nitrogen and oxygen atoms in total. The second kappa shape index (κ2) is 8.81. The van der Waals surface area contributed by atoms with Gasteiger partial charge >= 0.3 is 5.97 Å². The molecule has 0 radical (unpaired) electrons. The van der Waals surface area contributed by atoms with Gasteiger partial charge in [0, 0.05) is 36.1 Å². The lowest BCUT2D eigenvalue weighted by atomic mass is 9.80. The second-order valence-electron chi connectivity index (χ2n) is 6.11. The number of carbonyl (C=O) groups is 2. The number of esters is 1. The number of benzene rings is 1. The SMILES string of the molecule is CNC(=O)C1=C(C)NC(C)=C(C(=O)OCCC#N)[C@@H]1c1ccc([N+](=O)[O-])cc1. The summed E-state index contributed by atoms with van der Waals surface area (Å²) in [5.74, 6) is -1.81. The minimum Gasteiger partial charge on any atom is -0.461 e. The maximum Gasteiger partial charge on any atom is 0.336 e. The van der Waals surface area contributed by atoms with Crippen LogP contribution in [0, 0.1) is 21.4 Å². The normalized spacial score (nSPS) is 16.1. The number of nitro benzene ring substituents is 1. The molecule has 1 aliphatic heterocycles. The van der Waals surface area contributed by atoms with E-state index >= 15 is 0 Å². The predicted molar refractivity (Wildman–Crippen MR) is 99.6 cm³/mol. The fourth-order valence-corrected chi connectivity index (χ4v) is 3.09. The van der Waals surface area contributed by atoms with Crippen molar-refractivity contribution in [1.29, 1.82) is 5.26 Å². The summed E-state index contributed by atoms with van der Waals surface area (Å²) in [5, 5.41) is 25.2. The number of likely N-dealkylation sites (N-methyl/N-ethyl adjacent to an activating group) is 1. The van der Waals surface area contributed by atoms with E-state index in [2.05, 4.69) is 10.6 Å². The van der Waals surface area contributed by atoms with Crippen molar-refractivity contribution in [3.05, 3.63) is 62.5 Å². The number of hydrogen-bond donors (Lipinski definition) is 2. The molecule has 146 valence electrons. The van der Waals surface area contributed by atoms with Crippen LogP contribution in [-0.2, 0) is 14.3 Å². The summed E-state index contributed by atoms with van der Waals surface area (Å²) in [4.78, 5) is 35.7. The number of ether oxygens (including phenoxy) is 1. The standard InChI is InChI=1S/C19H20N4O5/c1-11-15(18(24)21-3)17(13-5-7-14(8-6-13)23(26)27)16(12(2)22-11)19(25)28-10-4-9-20/h5-8,17,22H,4,10H2,1-3H3,(H,21,24)/t17-/m1/s1. The molecule has 1 aromatic rings. The maximum atomic E-state index is 12.7. The van der Waals surface area contributed by atoms with Crippen LogP contribution < -0.4 is 10.6 Å². The molecule has 2 N–H and O–H groups in total. The molecular formula is C19H20N4O5. The van der Waals surface area contributed by atoms with Crippen molar-refractivity contribution in [2.75, 3.05) is 13.7 Å². The number of nitrogens with zero attached hydrogens (tertiary/aromatic N) is 2. The van der Waals surface area contributed by atoms with Crippen LogP contribution in [0.5, 0.6) is 0 Å². The minimum atomic E-state index is -0.767. The van der Waals surface area contributed by atoms with E-state index in [1.165, 1.54) is 31.3 Å². The van der Waals surface area contributed by atoms with Crippen LogP contribution in [-0.4, -0.2) is 30.5 Å². The molecule has 0 unspecified atom stereocenters. The summed E-state index contributed by atoms with van der Waals surface area (Å²) in [5.41, 5.74) is 2.05. The minimum absolute atomic E-state index is 0.0465. The van der Waals surface area contributed by atoms with E-state index in [0.29, 0.717) is 22.5 Å². The fraction of sp³-hybridized carbons (Fsp3) is 0.316. The highest BCUT2D eigenvalue weighted by atomic mass is 16.6. The summed E-state index contributed by atoms with van der Waals surface area (Å²) < 4.78 is 5.18. The van der Waals surface area contributed by atoms with Crippen LogP contribution in [0.3, 0.4) is 0 Å². The number of nitriles is 1. The van der Waals surface area contributed by atoms with Gasteiger partial charge in [-0.15, -0.1) is 0 Å². The molecule has 9 heteroatoms. The Kier molecular flexibility index (Phi) is 6.50. The van der Waals surface area contributed by atoms with Gasteiger partial charge in [0.2, 0.25) is 5.91 Å². The van der Waals surface area contributed by atoms with Gasteiger partial charge in [0.1, 0.15) is 6.61 Å². The van der Waals surface area contributed by atoms with E-state index in [1.54, 1.807) is 13.8 Å². The number of carbonyl (C=O) groups excluding carboxylic acids is 2. The van der Waals surface area contributed by atoms with E-state index in [-0.39, 0.29) is 30.2 Å². The topological polar surface area (TPSA) is 134 Å². The molecule has 0 fully saturated rings. The Balaban J connectivity index is 2.56.